The van der Waals surface area contributed by atoms with Gasteiger partial charge in [-0.05, 0) is 95.0 Å². The third kappa shape index (κ3) is 6.35. The van der Waals surface area contributed by atoms with Crippen LogP contribution in [0.2, 0.25) is 10.0 Å². The topological polar surface area (TPSA) is 86.9 Å². The summed E-state index contributed by atoms with van der Waals surface area (Å²) in [5.41, 5.74) is 3.31. The van der Waals surface area contributed by atoms with Crippen LogP contribution in [0, 0.1) is 17.8 Å². The number of hydrogen-bond donors (Lipinski definition) is 2. The zero-order chi connectivity index (χ0) is 27.6. The minimum absolute atomic E-state index is 0.0774. The normalized spacial score (nSPS) is 25.8. The lowest BCUT2D eigenvalue weighted by molar-refractivity contribution is -0.173. The van der Waals surface area contributed by atoms with Crippen LogP contribution < -0.4 is 5.73 Å². The van der Waals surface area contributed by atoms with Crippen molar-refractivity contribution in [2.24, 2.45) is 23.5 Å². The molecule has 1 aliphatic carbocycles. The Bertz CT molecular complexity index is 1040. The van der Waals surface area contributed by atoms with Crippen molar-refractivity contribution >= 4 is 35.0 Å². The number of nitrogens with two attached hydrogens (primary N) is 1. The molecule has 3 N–H and O–H groups in total. The summed E-state index contributed by atoms with van der Waals surface area (Å²) in [7, 11) is 0. The Morgan fingerprint density at radius 3 is 2.05 bits per heavy atom. The summed E-state index contributed by atoms with van der Waals surface area (Å²) in [4.78, 5) is 28.6. The maximum atomic E-state index is 14.1. The summed E-state index contributed by atoms with van der Waals surface area (Å²) in [5.74, 6) is -0.369. The number of piperidine rings is 2. The molecule has 3 aliphatic rings. The highest BCUT2D eigenvalue weighted by molar-refractivity contribution is 6.34. The zero-order valence-corrected chi connectivity index (χ0v) is 23.2. The van der Waals surface area contributed by atoms with E-state index in [1.54, 1.807) is 0 Å². The molecule has 10 heteroatoms. The number of alkyl halides is 2. The lowest BCUT2D eigenvalue weighted by Gasteiger charge is -2.41. The molecule has 3 atom stereocenters. The smallest absolute Gasteiger partial charge is 0.280 e. The van der Waals surface area contributed by atoms with Crippen molar-refractivity contribution in [2.75, 3.05) is 26.2 Å². The molecule has 4 rings (SSSR count). The first kappa shape index (κ1) is 29.2. The van der Waals surface area contributed by atoms with E-state index in [0.29, 0.717) is 31.0 Å². The molecule has 1 aromatic rings. The first-order valence-corrected chi connectivity index (χ1v) is 14.2. The van der Waals surface area contributed by atoms with Crippen LogP contribution in [0.25, 0.3) is 0 Å². The van der Waals surface area contributed by atoms with Gasteiger partial charge >= 0.3 is 0 Å². The number of halogens is 4. The Morgan fingerprint density at radius 2 is 1.55 bits per heavy atom. The van der Waals surface area contributed by atoms with Crippen LogP contribution in [0.1, 0.15) is 57.4 Å². The second-order valence-electron chi connectivity index (χ2n) is 11.2. The fourth-order valence-electron chi connectivity index (χ4n) is 6.44. The van der Waals surface area contributed by atoms with Gasteiger partial charge in [-0.25, -0.2) is 8.78 Å². The maximum absolute atomic E-state index is 14.1. The Balaban J connectivity index is 1.28. The highest BCUT2D eigenvalue weighted by Gasteiger charge is 2.50. The fourth-order valence-corrected chi connectivity index (χ4v) is 6.97. The molecule has 0 saturated carbocycles. The average molecular weight is 573 g/mol. The zero-order valence-electron chi connectivity index (χ0n) is 21.7. The minimum atomic E-state index is -3.32. The van der Waals surface area contributed by atoms with Gasteiger partial charge in [0.2, 0.25) is 11.5 Å². The number of primary amides is 1. The predicted octanol–water partition coefficient (Wildman–Crippen LogP) is 5.00. The number of aliphatic hydroxyl groups is 1. The van der Waals surface area contributed by atoms with E-state index in [4.69, 9.17) is 28.9 Å². The molecule has 2 amide bonds. The van der Waals surface area contributed by atoms with Crippen molar-refractivity contribution in [1.29, 1.82) is 0 Å². The molecule has 2 fully saturated rings. The lowest BCUT2D eigenvalue weighted by atomic mass is 9.81. The van der Waals surface area contributed by atoms with Crippen LogP contribution >= 0.6 is 23.2 Å². The fraction of sp³-hybridized carbons (Fsp3) is 0.643. The maximum Gasteiger partial charge on any atom is 0.280 e. The highest BCUT2D eigenvalue weighted by atomic mass is 35.5. The number of carbonyl (C=O) groups excluding carboxylic acids is 2. The van der Waals surface area contributed by atoms with Gasteiger partial charge in [-0.2, -0.15) is 0 Å². The quantitative estimate of drug-likeness (QED) is 0.451. The van der Waals surface area contributed by atoms with Gasteiger partial charge in [0.05, 0.1) is 5.92 Å². The summed E-state index contributed by atoms with van der Waals surface area (Å²) in [6.07, 6.45) is 5.36. The van der Waals surface area contributed by atoms with Gasteiger partial charge in [0.1, 0.15) is 0 Å². The van der Waals surface area contributed by atoms with E-state index in [1.807, 2.05) is 6.92 Å². The molecule has 2 saturated heterocycles. The summed E-state index contributed by atoms with van der Waals surface area (Å²) >= 11 is 11.9. The summed E-state index contributed by atoms with van der Waals surface area (Å²) in [6, 6.07) is 4.06. The standard InChI is InChI=1S/C28H37Cl2F2N3O3/c1-17-12-23(2-3-24(17)25(33)36)34-8-4-18(5-9-34)13-19-6-10-35(11-7-19)27(37)28(38,26(31)32)20-14-21(29)16-22(30)15-20/h12,14-16,18-19,23-24,26,38H,2-11,13H2,1H3,(H2,33,36)/t23?,24?,28-/m0/s1. The molecular weight excluding hydrogens is 535 g/mol. The first-order chi connectivity index (χ1) is 18.0. The number of rotatable bonds is 7. The summed E-state index contributed by atoms with van der Waals surface area (Å²) < 4.78 is 28.1. The molecule has 0 bridgehead atoms. The van der Waals surface area contributed by atoms with Crippen molar-refractivity contribution in [3.63, 3.8) is 0 Å². The van der Waals surface area contributed by atoms with Crippen LogP contribution in [-0.2, 0) is 15.2 Å². The van der Waals surface area contributed by atoms with E-state index < -0.39 is 17.9 Å². The molecular formula is C28H37Cl2F2N3O3. The average Bonchev–Trinajstić information content (AvgIpc) is 2.87. The Morgan fingerprint density at radius 1 is 1.00 bits per heavy atom. The third-order valence-corrected chi connectivity index (χ3v) is 9.17. The third-order valence-electron chi connectivity index (χ3n) is 8.73. The monoisotopic (exact) mass is 571 g/mol. The largest absolute Gasteiger partial charge is 0.371 e. The molecule has 210 valence electrons. The van der Waals surface area contributed by atoms with Gasteiger partial charge in [-0.15, -0.1) is 0 Å². The van der Waals surface area contributed by atoms with Crippen molar-refractivity contribution < 1.29 is 23.5 Å². The number of likely N-dealkylation sites (tertiary alicyclic amines) is 2. The molecule has 6 nitrogen and oxygen atoms in total. The van der Waals surface area contributed by atoms with Crippen molar-refractivity contribution in [3.8, 4) is 0 Å². The number of hydrogen-bond acceptors (Lipinski definition) is 4. The van der Waals surface area contributed by atoms with Crippen LogP contribution in [0.4, 0.5) is 8.78 Å². The van der Waals surface area contributed by atoms with Crippen LogP contribution in [0.5, 0.6) is 0 Å². The van der Waals surface area contributed by atoms with E-state index in [-0.39, 0.29) is 27.4 Å². The Hall–Kier alpha value is -1.74. The predicted molar refractivity (Wildman–Crippen MR) is 144 cm³/mol. The van der Waals surface area contributed by atoms with Crippen molar-refractivity contribution in [3.05, 3.63) is 45.5 Å². The SMILES string of the molecule is CC1=CC(N2CCC(CC3CCN(C(=O)[C@](O)(c4cc(Cl)cc(Cl)c4)C(F)F)CC3)CC2)CCC1C(N)=O. The first-order valence-electron chi connectivity index (χ1n) is 13.5. The van der Waals surface area contributed by atoms with Crippen molar-refractivity contribution in [1.82, 2.24) is 9.80 Å². The van der Waals surface area contributed by atoms with Crippen LogP contribution in [0.15, 0.2) is 29.8 Å². The Labute approximate surface area is 233 Å². The van der Waals surface area contributed by atoms with E-state index in [2.05, 4.69) is 11.0 Å². The van der Waals surface area contributed by atoms with E-state index >= 15 is 0 Å². The molecule has 2 aliphatic heterocycles. The highest BCUT2D eigenvalue weighted by Crippen LogP contribution is 2.37. The molecule has 0 aromatic heterocycles. The van der Waals surface area contributed by atoms with E-state index in [0.717, 1.165) is 75.7 Å². The van der Waals surface area contributed by atoms with Gasteiger partial charge in [-0.1, -0.05) is 34.9 Å². The molecule has 38 heavy (non-hydrogen) atoms. The summed E-state index contributed by atoms with van der Waals surface area (Å²) in [6.45, 7) is 4.69. The van der Waals surface area contributed by atoms with Gasteiger partial charge < -0.3 is 15.7 Å². The molecule has 2 unspecified atom stereocenters. The van der Waals surface area contributed by atoms with Crippen molar-refractivity contribution in [2.45, 2.75) is 69.9 Å². The van der Waals surface area contributed by atoms with Crippen LogP contribution in [0.3, 0.4) is 0 Å². The van der Waals surface area contributed by atoms with Gasteiger partial charge in [0.15, 0.2) is 0 Å². The second-order valence-corrected chi connectivity index (χ2v) is 12.1. The summed E-state index contributed by atoms with van der Waals surface area (Å²) in [5, 5.41) is 11.0. The van der Waals surface area contributed by atoms with Gasteiger partial charge in [0, 0.05) is 34.7 Å². The minimum Gasteiger partial charge on any atom is -0.371 e. The molecule has 1 aromatic carbocycles. The lowest BCUT2D eigenvalue weighted by Crippen LogP contribution is -2.53. The molecule has 2 heterocycles. The molecule has 0 radical (unpaired) electrons. The Kier molecular flexibility index (Phi) is 9.38. The number of benzene rings is 1. The number of nitrogens with zero attached hydrogens (tertiary/aromatic N) is 2. The number of amides is 2. The number of carbonyl (C=O) groups is 2. The van der Waals surface area contributed by atoms with Crippen LogP contribution in [-0.4, -0.2) is 65.4 Å². The van der Waals surface area contributed by atoms with Gasteiger partial charge in [-0.3, -0.25) is 14.5 Å². The van der Waals surface area contributed by atoms with E-state index in [9.17, 15) is 23.5 Å². The van der Waals surface area contributed by atoms with E-state index in [1.165, 1.54) is 11.0 Å². The molecule has 0 spiro atoms. The second kappa shape index (κ2) is 12.2. The van der Waals surface area contributed by atoms with Gasteiger partial charge in [0.25, 0.3) is 12.3 Å².